The fraction of sp³-hybridized carbons (Fsp3) is 0.0667. The Hall–Kier alpha value is -2.89. The number of fused-ring (bicyclic) bond motifs is 1. The highest BCUT2D eigenvalue weighted by Crippen LogP contribution is 2.14. The first kappa shape index (κ1) is 13.1. The minimum absolute atomic E-state index is 0.0725. The van der Waals surface area contributed by atoms with Crippen molar-refractivity contribution in [2.45, 2.75) is 6.54 Å². The van der Waals surface area contributed by atoms with Crippen LogP contribution in [0.2, 0.25) is 0 Å². The summed E-state index contributed by atoms with van der Waals surface area (Å²) < 4.78 is 19.7. The molecule has 0 unspecified atom stereocenters. The van der Waals surface area contributed by atoms with Crippen LogP contribution in [0.25, 0.3) is 11.1 Å². The molecule has 2 aromatic carbocycles. The number of nitrogens with one attached hydrogen (secondary N) is 1. The molecule has 3 rings (SSSR count). The maximum absolute atomic E-state index is 13.5. The first-order valence-electron chi connectivity index (χ1n) is 6.28. The Labute approximate surface area is 118 Å². The molecule has 0 aliphatic carbocycles. The van der Waals surface area contributed by atoms with Crippen molar-refractivity contribution < 1.29 is 13.6 Å². The lowest BCUT2D eigenvalue weighted by molar-refractivity contribution is -0.116. The lowest BCUT2D eigenvalue weighted by Gasteiger charge is -2.06. The molecule has 5 nitrogen and oxygen atoms in total. The predicted octanol–water partition coefficient (Wildman–Crippen LogP) is 2.37. The maximum atomic E-state index is 13.5. The van der Waals surface area contributed by atoms with Gasteiger partial charge in [-0.15, -0.1) is 0 Å². The Morgan fingerprint density at radius 2 is 1.86 bits per heavy atom. The molecule has 1 aromatic heterocycles. The summed E-state index contributed by atoms with van der Waals surface area (Å²) >= 11 is 0. The van der Waals surface area contributed by atoms with Gasteiger partial charge in [0, 0.05) is 0 Å². The van der Waals surface area contributed by atoms with Gasteiger partial charge in [-0.1, -0.05) is 24.3 Å². The van der Waals surface area contributed by atoms with Gasteiger partial charge >= 0.3 is 5.76 Å². The molecule has 6 heteroatoms. The second-order valence-electron chi connectivity index (χ2n) is 4.45. The monoisotopic (exact) mass is 286 g/mol. The van der Waals surface area contributed by atoms with Crippen LogP contribution in [0.3, 0.4) is 0 Å². The van der Waals surface area contributed by atoms with Crippen LogP contribution < -0.4 is 11.1 Å². The zero-order chi connectivity index (χ0) is 14.8. The zero-order valence-electron chi connectivity index (χ0n) is 10.9. The largest absolute Gasteiger partial charge is 0.420 e. The van der Waals surface area contributed by atoms with E-state index >= 15 is 0 Å². The Morgan fingerprint density at radius 3 is 2.67 bits per heavy atom. The minimum atomic E-state index is -0.625. The molecule has 0 aliphatic heterocycles. The van der Waals surface area contributed by atoms with Crippen LogP contribution in [-0.2, 0) is 11.3 Å². The van der Waals surface area contributed by atoms with Crippen molar-refractivity contribution in [3.63, 3.8) is 0 Å². The van der Waals surface area contributed by atoms with Crippen molar-refractivity contribution in [2.75, 3.05) is 5.32 Å². The molecule has 0 radical (unpaired) electrons. The van der Waals surface area contributed by atoms with E-state index in [2.05, 4.69) is 5.32 Å². The third-order valence-electron chi connectivity index (χ3n) is 3.02. The topological polar surface area (TPSA) is 64.2 Å². The van der Waals surface area contributed by atoms with E-state index in [9.17, 15) is 14.0 Å². The van der Waals surface area contributed by atoms with Crippen LogP contribution >= 0.6 is 0 Å². The maximum Gasteiger partial charge on any atom is 0.420 e. The lowest BCUT2D eigenvalue weighted by atomic mass is 10.3. The van der Waals surface area contributed by atoms with Gasteiger partial charge in [0.1, 0.15) is 12.4 Å². The molecule has 106 valence electrons. The van der Waals surface area contributed by atoms with Crippen LogP contribution in [-0.4, -0.2) is 10.5 Å². The first-order valence-corrected chi connectivity index (χ1v) is 6.28. The number of amides is 1. The van der Waals surface area contributed by atoms with Crippen LogP contribution in [0.1, 0.15) is 0 Å². The van der Waals surface area contributed by atoms with Gasteiger partial charge in [0.2, 0.25) is 5.91 Å². The molecule has 0 bridgehead atoms. The predicted molar refractivity (Wildman–Crippen MR) is 75.5 cm³/mol. The van der Waals surface area contributed by atoms with Gasteiger partial charge in [-0.2, -0.15) is 0 Å². The average Bonchev–Trinajstić information content (AvgIpc) is 2.78. The van der Waals surface area contributed by atoms with Gasteiger partial charge < -0.3 is 9.73 Å². The lowest BCUT2D eigenvalue weighted by Crippen LogP contribution is -2.25. The molecule has 0 spiro atoms. The van der Waals surface area contributed by atoms with E-state index in [1.54, 1.807) is 30.3 Å². The molecule has 21 heavy (non-hydrogen) atoms. The smallest absolute Gasteiger partial charge is 0.408 e. The Balaban J connectivity index is 1.86. The molecular weight excluding hydrogens is 275 g/mol. The van der Waals surface area contributed by atoms with Crippen molar-refractivity contribution >= 4 is 22.7 Å². The minimum Gasteiger partial charge on any atom is -0.408 e. The second kappa shape index (κ2) is 5.24. The number of hydrogen-bond donors (Lipinski definition) is 1. The summed E-state index contributed by atoms with van der Waals surface area (Å²) in [7, 11) is 0. The number of rotatable bonds is 3. The van der Waals surface area contributed by atoms with Crippen LogP contribution in [0.4, 0.5) is 10.1 Å². The summed E-state index contributed by atoms with van der Waals surface area (Å²) in [5.41, 5.74) is 0.996. The van der Waals surface area contributed by atoms with E-state index in [-0.39, 0.29) is 12.2 Å². The van der Waals surface area contributed by atoms with E-state index in [0.717, 1.165) is 0 Å². The highest BCUT2D eigenvalue weighted by Gasteiger charge is 2.13. The summed E-state index contributed by atoms with van der Waals surface area (Å²) in [4.78, 5) is 23.7. The van der Waals surface area contributed by atoms with Gasteiger partial charge in [-0.25, -0.2) is 9.18 Å². The van der Waals surface area contributed by atoms with Crippen molar-refractivity contribution in [3.05, 3.63) is 64.9 Å². The number of anilines is 1. The molecular formula is C15H11FN2O3. The van der Waals surface area contributed by atoms with E-state index < -0.39 is 17.5 Å². The third kappa shape index (κ3) is 2.55. The van der Waals surface area contributed by atoms with Crippen molar-refractivity contribution in [2.24, 2.45) is 0 Å². The number of carbonyl (C=O) groups excluding carboxylic acids is 1. The Morgan fingerprint density at radius 1 is 1.14 bits per heavy atom. The van der Waals surface area contributed by atoms with Gasteiger partial charge in [-0.05, 0) is 24.3 Å². The van der Waals surface area contributed by atoms with Crippen molar-refractivity contribution in [1.82, 2.24) is 4.57 Å². The van der Waals surface area contributed by atoms with Crippen LogP contribution in [0.5, 0.6) is 0 Å². The van der Waals surface area contributed by atoms with Crippen LogP contribution in [0, 0.1) is 5.82 Å². The number of para-hydroxylation sites is 3. The number of halogens is 1. The molecule has 0 saturated carbocycles. The summed E-state index contributed by atoms with van der Waals surface area (Å²) in [6, 6.07) is 12.6. The fourth-order valence-corrected chi connectivity index (χ4v) is 2.06. The molecule has 1 heterocycles. The third-order valence-corrected chi connectivity index (χ3v) is 3.02. The Bertz CT molecular complexity index is 866. The quantitative estimate of drug-likeness (QED) is 0.804. The number of hydrogen-bond acceptors (Lipinski definition) is 3. The van der Waals surface area contributed by atoms with Crippen LogP contribution in [0.15, 0.2) is 57.7 Å². The molecule has 0 saturated heterocycles. The van der Waals surface area contributed by atoms with Crippen molar-refractivity contribution in [1.29, 1.82) is 0 Å². The van der Waals surface area contributed by atoms with Gasteiger partial charge in [0.15, 0.2) is 5.58 Å². The average molecular weight is 286 g/mol. The Kier molecular flexibility index (Phi) is 3.27. The highest BCUT2D eigenvalue weighted by molar-refractivity contribution is 5.91. The van der Waals surface area contributed by atoms with E-state index in [1.165, 1.54) is 22.8 Å². The molecule has 3 aromatic rings. The first-order chi connectivity index (χ1) is 10.1. The summed E-state index contributed by atoms with van der Waals surface area (Å²) in [5, 5.41) is 2.43. The normalized spacial score (nSPS) is 10.7. The van der Waals surface area contributed by atoms with E-state index in [0.29, 0.717) is 11.1 Å². The molecule has 0 fully saturated rings. The number of oxazole rings is 1. The van der Waals surface area contributed by atoms with Gasteiger partial charge in [-0.3, -0.25) is 9.36 Å². The van der Waals surface area contributed by atoms with Gasteiger partial charge in [0.25, 0.3) is 0 Å². The number of carbonyl (C=O) groups is 1. The zero-order valence-corrected chi connectivity index (χ0v) is 10.9. The number of aromatic nitrogens is 1. The molecule has 1 N–H and O–H groups in total. The molecule has 0 atom stereocenters. The standard InChI is InChI=1S/C15H11FN2O3/c16-10-5-1-2-6-11(10)17-14(19)9-18-12-7-3-4-8-13(12)21-15(18)20/h1-8H,9H2,(H,17,19). The fourth-order valence-electron chi connectivity index (χ4n) is 2.06. The number of benzene rings is 2. The summed E-state index contributed by atoms with van der Waals surface area (Å²) in [6.07, 6.45) is 0. The SMILES string of the molecule is O=C(Cn1c(=O)oc2ccccc21)Nc1ccccc1F. The molecule has 1 amide bonds. The molecule has 0 aliphatic rings. The summed E-state index contributed by atoms with van der Waals surface area (Å²) in [5.74, 6) is -1.66. The number of nitrogens with zero attached hydrogens (tertiary/aromatic N) is 1. The highest BCUT2D eigenvalue weighted by atomic mass is 19.1. The van der Waals surface area contributed by atoms with E-state index in [4.69, 9.17) is 4.42 Å². The van der Waals surface area contributed by atoms with Crippen molar-refractivity contribution in [3.8, 4) is 0 Å². The van der Waals surface area contributed by atoms with E-state index in [1.807, 2.05) is 0 Å². The van der Waals surface area contributed by atoms with Gasteiger partial charge in [0.05, 0.1) is 11.2 Å². The summed E-state index contributed by atoms with van der Waals surface area (Å²) in [6.45, 7) is -0.246. The second-order valence-corrected chi connectivity index (χ2v) is 4.45.